The van der Waals surface area contributed by atoms with Gasteiger partial charge in [-0.25, -0.2) is 9.18 Å². The number of carbonyl (C=O) groups excluding carboxylic acids is 1. The van der Waals surface area contributed by atoms with Crippen LogP contribution in [0.2, 0.25) is 5.02 Å². The molecular formula is C13H12ClFN2O. The van der Waals surface area contributed by atoms with Gasteiger partial charge < -0.3 is 10.2 Å². The van der Waals surface area contributed by atoms with E-state index in [-0.39, 0.29) is 24.3 Å². The fourth-order valence-electron chi connectivity index (χ4n) is 1.90. The van der Waals surface area contributed by atoms with Gasteiger partial charge in [-0.1, -0.05) is 17.5 Å². The van der Waals surface area contributed by atoms with Crippen molar-refractivity contribution < 1.29 is 9.18 Å². The molecule has 3 nitrogen and oxygen atoms in total. The summed E-state index contributed by atoms with van der Waals surface area (Å²) in [5.74, 6) is 2.11. The number of amides is 2. The lowest BCUT2D eigenvalue weighted by atomic mass is 9.92. The van der Waals surface area contributed by atoms with Gasteiger partial charge in [0.2, 0.25) is 0 Å². The lowest BCUT2D eigenvalue weighted by Gasteiger charge is -2.39. The zero-order valence-electron chi connectivity index (χ0n) is 9.62. The van der Waals surface area contributed by atoms with Crippen LogP contribution in [-0.2, 0) is 0 Å². The van der Waals surface area contributed by atoms with Crippen LogP contribution in [0.1, 0.15) is 11.5 Å². The Balaban J connectivity index is 1.92. The van der Waals surface area contributed by atoms with Crippen LogP contribution in [0.4, 0.5) is 9.18 Å². The molecule has 1 aliphatic heterocycles. The Labute approximate surface area is 110 Å². The molecule has 0 saturated carbocycles. The van der Waals surface area contributed by atoms with Crippen molar-refractivity contribution >= 4 is 17.6 Å². The molecule has 5 heteroatoms. The average molecular weight is 267 g/mol. The number of carbonyl (C=O) groups is 1. The van der Waals surface area contributed by atoms with Crippen LogP contribution in [0.3, 0.4) is 0 Å². The quantitative estimate of drug-likeness (QED) is 0.818. The highest BCUT2D eigenvalue weighted by atomic mass is 35.5. The number of terminal acetylenes is 1. The second-order valence-electron chi connectivity index (χ2n) is 4.17. The summed E-state index contributed by atoms with van der Waals surface area (Å²) in [5.41, 5.74) is 0.820. The van der Waals surface area contributed by atoms with Crippen molar-refractivity contribution in [2.75, 3.05) is 19.6 Å². The van der Waals surface area contributed by atoms with Crippen molar-refractivity contribution in [2.45, 2.75) is 5.92 Å². The Morgan fingerprint density at radius 2 is 2.28 bits per heavy atom. The van der Waals surface area contributed by atoms with Crippen molar-refractivity contribution in [3.05, 3.63) is 34.6 Å². The van der Waals surface area contributed by atoms with Gasteiger partial charge in [-0.15, -0.1) is 6.42 Å². The summed E-state index contributed by atoms with van der Waals surface area (Å²) in [6.45, 7) is 1.32. The predicted molar refractivity (Wildman–Crippen MR) is 68.0 cm³/mol. The van der Waals surface area contributed by atoms with Crippen LogP contribution in [0.25, 0.3) is 0 Å². The van der Waals surface area contributed by atoms with E-state index in [0.717, 1.165) is 5.56 Å². The Morgan fingerprint density at radius 1 is 1.56 bits per heavy atom. The Bertz CT molecular complexity index is 486. The molecule has 1 aromatic rings. The van der Waals surface area contributed by atoms with Crippen LogP contribution in [0, 0.1) is 18.2 Å². The molecular weight excluding hydrogens is 255 g/mol. The largest absolute Gasteiger partial charge is 0.327 e. The number of rotatable bonds is 2. The zero-order chi connectivity index (χ0) is 13.1. The van der Waals surface area contributed by atoms with E-state index < -0.39 is 0 Å². The van der Waals surface area contributed by atoms with E-state index in [2.05, 4.69) is 11.2 Å². The van der Waals surface area contributed by atoms with Crippen LogP contribution in [-0.4, -0.2) is 30.6 Å². The van der Waals surface area contributed by atoms with Gasteiger partial charge in [0.15, 0.2) is 0 Å². The number of urea groups is 1. The van der Waals surface area contributed by atoms with Gasteiger partial charge in [0.05, 0.1) is 6.54 Å². The smallest absolute Gasteiger partial charge is 0.318 e. The van der Waals surface area contributed by atoms with E-state index in [9.17, 15) is 9.18 Å². The zero-order valence-corrected chi connectivity index (χ0v) is 10.4. The summed E-state index contributed by atoms with van der Waals surface area (Å²) in [6.07, 6.45) is 5.05. The number of likely N-dealkylation sites (tertiary alicyclic amines) is 1. The molecule has 0 radical (unpaired) electrons. The normalized spacial score (nSPS) is 14.8. The minimum absolute atomic E-state index is 0.134. The standard InChI is InChI=1S/C13H12ClFN2O/c1-2-3-16-13(18)17-7-10(8-17)9-4-11(14)6-12(15)5-9/h1,4-6,10H,3,7-8H2,(H,16,18). The van der Waals surface area contributed by atoms with E-state index in [1.807, 2.05) is 0 Å². The molecule has 0 bridgehead atoms. The summed E-state index contributed by atoms with van der Waals surface area (Å²) in [7, 11) is 0. The average Bonchev–Trinajstić information content (AvgIpc) is 2.22. The first kappa shape index (κ1) is 12.7. The molecule has 0 spiro atoms. The maximum atomic E-state index is 13.2. The van der Waals surface area contributed by atoms with Crippen molar-refractivity contribution in [3.63, 3.8) is 0 Å². The lowest BCUT2D eigenvalue weighted by molar-refractivity contribution is 0.152. The molecule has 0 aliphatic carbocycles. The third-order valence-corrected chi connectivity index (χ3v) is 3.08. The topological polar surface area (TPSA) is 32.3 Å². The van der Waals surface area contributed by atoms with Crippen molar-refractivity contribution in [2.24, 2.45) is 0 Å². The molecule has 0 unspecified atom stereocenters. The first-order valence-electron chi connectivity index (χ1n) is 5.52. The van der Waals surface area contributed by atoms with Crippen molar-refractivity contribution in [3.8, 4) is 12.3 Å². The third-order valence-electron chi connectivity index (χ3n) is 2.87. The van der Waals surface area contributed by atoms with E-state index in [1.54, 1.807) is 11.0 Å². The summed E-state index contributed by atoms with van der Waals surface area (Å²) in [5, 5.41) is 2.96. The predicted octanol–water partition coefficient (Wildman–Crippen LogP) is 2.22. The molecule has 2 amide bonds. The van der Waals surface area contributed by atoms with E-state index >= 15 is 0 Å². The molecule has 1 heterocycles. The number of hydrogen-bond donors (Lipinski definition) is 1. The summed E-state index contributed by atoms with van der Waals surface area (Å²) >= 11 is 5.79. The fraction of sp³-hybridized carbons (Fsp3) is 0.308. The monoisotopic (exact) mass is 266 g/mol. The van der Waals surface area contributed by atoms with Gasteiger partial charge in [-0.2, -0.15) is 0 Å². The van der Waals surface area contributed by atoms with E-state index in [4.69, 9.17) is 18.0 Å². The Morgan fingerprint density at radius 3 is 2.89 bits per heavy atom. The second-order valence-corrected chi connectivity index (χ2v) is 4.60. The number of hydrogen-bond acceptors (Lipinski definition) is 1. The van der Waals surface area contributed by atoms with Crippen LogP contribution in [0.5, 0.6) is 0 Å². The summed E-state index contributed by atoms with van der Waals surface area (Å²) < 4.78 is 13.2. The first-order chi connectivity index (χ1) is 8.60. The van der Waals surface area contributed by atoms with Crippen molar-refractivity contribution in [1.29, 1.82) is 0 Å². The maximum absolute atomic E-state index is 13.2. The SMILES string of the molecule is C#CCNC(=O)N1CC(c2cc(F)cc(Cl)c2)C1. The summed E-state index contributed by atoms with van der Waals surface area (Å²) in [6, 6.07) is 4.26. The molecule has 0 atom stereocenters. The van der Waals surface area contributed by atoms with Gasteiger partial charge in [-0.3, -0.25) is 0 Å². The number of nitrogens with zero attached hydrogens (tertiary/aromatic N) is 1. The molecule has 0 aromatic heterocycles. The van der Waals surface area contributed by atoms with E-state index in [1.165, 1.54) is 12.1 Å². The summed E-state index contributed by atoms with van der Waals surface area (Å²) in [4.78, 5) is 13.1. The molecule has 1 aliphatic rings. The second kappa shape index (κ2) is 5.28. The number of benzene rings is 1. The van der Waals surface area contributed by atoms with Gasteiger partial charge in [0, 0.05) is 24.0 Å². The Hall–Kier alpha value is -1.73. The molecule has 1 N–H and O–H groups in total. The maximum Gasteiger partial charge on any atom is 0.318 e. The highest BCUT2D eigenvalue weighted by molar-refractivity contribution is 6.30. The third kappa shape index (κ3) is 2.74. The van der Waals surface area contributed by atoms with Gasteiger partial charge in [-0.05, 0) is 23.8 Å². The molecule has 1 saturated heterocycles. The van der Waals surface area contributed by atoms with Crippen LogP contribution >= 0.6 is 11.6 Å². The lowest BCUT2D eigenvalue weighted by Crippen LogP contribution is -2.52. The molecule has 1 aromatic carbocycles. The highest BCUT2D eigenvalue weighted by Gasteiger charge is 2.31. The number of nitrogens with one attached hydrogen (secondary N) is 1. The Kier molecular flexibility index (Phi) is 3.73. The van der Waals surface area contributed by atoms with E-state index in [0.29, 0.717) is 18.1 Å². The van der Waals surface area contributed by atoms with Crippen LogP contribution < -0.4 is 5.32 Å². The first-order valence-corrected chi connectivity index (χ1v) is 5.90. The number of halogens is 2. The minimum Gasteiger partial charge on any atom is -0.327 e. The van der Waals surface area contributed by atoms with Gasteiger partial charge >= 0.3 is 6.03 Å². The molecule has 2 rings (SSSR count). The minimum atomic E-state index is -0.354. The highest BCUT2D eigenvalue weighted by Crippen LogP contribution is 2.29. The van der Waals surface area contributed by atoms with Crippen LogP contribution in [0.15, 0.2) is 18.2 Å². The molecule has 1 fully saturated rings. The molecule has 94 valence electrons. The van der Waals surface area contributed by atoms with Gasteiger partial charge in [0.1, 0.15) is 5.82 Å². The van der Waals surface area contributed by atoms with Crippen molar-refractivity contribution in [1.82, 2.24) is 10.2 Å². The van der Waals surface area contributed by atoms with Gasteiger partial charge in [0.25, 0.3) is 0 Å². The molecule has 18 heavy (non-hydrogen) atoms. The fourth-order valence-corrected chi connectivity index (χ4v) is 2.13.